The van der Waals surface area contributed by atoms with Crippen LogP contribution in [0.25, 0.3) is 0 Å². The van der Waals surface area contributed by atoms with Crippen molar-refractivity contribution in [1.82, 2.24) is 5.32 Å². The van der Waals surface area contributed by atoms with Gasteiger partial charge in [0.15, 0.2) is 6.10 Å². The van der Waals surface area contributed by atoms with Crippen LogP contribution in [0.4, 0.5) is 5.69 Å². The molecule has 0 saturated heterocycles. The predicted molar refractivity (Wildman–Crippen MR) is 133 cm³/mol. The molecule has 0 aromatic heterocycles. The highest BCUT2D eigenvalue weighted by atomic mass is 32.2. The highest BCUT2D eigenvalue weighted by Gasteiger charge is 2.37. The number of anilines is 1. The van der Waals surface area contributed by atoms with E-state index in [-0.39, 0.29) is 24.6 Å². The zero-order chi connectivity index (χ0) is 25.0. The summed E-state index contributed by atoms with van der Waals surface area (Å²) in [5.74, 6) is 1.21. The number of aryl methyl sites for hydroxylation is 2. The zero-order valence-electron chi connectivity index (χ0n) is 19.9. The lowest BCUT2D eigenvalue weighted by Gasteiger charge is -2.35. The van der Waals surface area contributed by atoms with E-state index >= 15 is 0 Å². The van der Waals surface area contributed by atoms with Gasteiger partial charge in [0.25, 0.3) is 15.9 Å². The summed E-state index contributed by atoms with van der Waals surface area (Å²) in [5, 5.41) is 2.78. The van der Waals surface area contributed by atoms with Gasteiger partial charge >= 0.3 is 0 Å². The second-order valence-corrected chi connectivity index (χ2v) is 10.1. The van der Waals surface area contributed by atoms with Gasteiger partial charge in [0.05, 0.1) is 30.8 Å². The summed E-state index contributed by atoms with van der Waals surface area (Å²) >= 11 is 0. The minimum Gasteiger partial charge on any atom is -0.497 e. The number of methoxy groups -OCH3 is 1. The maximum atomic E-state index is 13.6. The lowest BCUT2D eigenvalue weighted by Crippen LogP contribution is -2.51. The fourth-order valence-electron chi connectivity index (χ4n) is 3.77. The SMILES string of the molecule is COc1ccc(S(=O)(=O)N2C[C@H](C(=O)NCCOc3ccccc3C)Oc3ccc(C)cc32)cc1. The monoisotopic (exact) mass is 496 g/mol. The molecule has 0 unspecified atom stereocenters. The maximum absolute atomic E-state index is 13.6. The number of para-hydroxylation sites is 1. The van der Waals surface area contributed by atoms with Gasteiger partial charge in [-0.2, -0.15) is 0 Å². The van der Waals surface area contributed by atoms with Crippen LogP contribution in [0.15, 0.2) is 71.6 Å². The second kappa shape index (κ2) is 10.3. The molecular formula is C26H28N2O6S. The third-order valence-electron chi connectivity index (χ3n) is 5.68. The van der Waals surface area contributed by atoms with Crippen LogP contribution in [0.5, 0.6) is 17.2 Å². The molecule has 1 aliphatic rings. The lowest BCUT2D eigenvalue weighted by atomic mass is 10.1. The van der Waals surface area contributed by atoms with Gasteiger partial charge in [0.1, 0.15) is 23.9 Å². The molecule has 0 spiro atoms. The van der Waals surface area contributed by atoms with Crippen LogP contribution < -0.4 is 23.8 Å². The third-order valence-corrected chi connectivity index (χ3v) is 7.47. The van der Waals surface area contributed by atoms with E-state index < -0.39 is 22.0 Å². The Kier molecular flexibility index (Phi) is 7.16. The number of benzene rings is 3. The van der Waals surface area contributed by atoms with Gasteiger partial charge in [-0.15, -0.1) is 0 Å². The number of hydrogen-bond donors (Lipinski definition) is 1. The van der Waals surface area contributed by atoms with E-state index in [1.165, 1.54) is 23.5 Å². The summed E-state index contributed by atoms with van der Waals surface area (Å²) in [6.45, 7) is 4.17. The minimum absolute atomic E-state index is 0.0958. The molecule has 8 nitrogen and oxygen atoms in total. The molecule has 4 rings (SSSR count). The number of rotatable bonds is 8. The molecule has 1 atom stereocenters. The normalized spacial score (nSPS) is 15.1. The molecule has 1 N–H and O–H groups in total. The molecule has 1 aliphatic heterocycles. The van der Waals surface area contributed by atoms with Crippen molar-refractivity contribution >= 4 is 21.6 Å². The Hall–Kier alpha value is -3.72. The molecule has 3 aromatic carbocycles. The number of fused-ring (bicyclic) bond motifs is 1. The van der Waals surface area contributed by atoms with Crippen molar-refractivity contribution in [2.45, 2.75) is 24.8 Å². The molecule has 3 aromatic rings. The number of carbonyl (C=O) groups excluding carboxylic acids is 1. The van der Waals surface area contributed by atoms with Crippen molar-refractivity contribution in [3.63, 3.8) is 0 Å². The Labute approximate surface area is 205 Å². The van der Waals surface area contributed by atoms with Gasteiger partial charge in [-0.1, -0.05) is 24.3 Å². The molecule has 1 amide bonds. The molecule has 35 heavy (non-hydrogen) atoms. The first-order valence-corrected chi connectivity index (χ1v) is 12.6. The van der Waals surface area contributed by atoms with E-state index in [1.807, 2.05) is 44.2 Å². The highest BCUT2D eigenvalue weighted by Crippen LogP contribution is 2.38. The fraction of sp³-hybridized carbons (Fsp3) is 0.269. The average Bonchev–Trinajstić information content (AvgIpc) is 2.86. The van der Waals surface area contributed by atoms with E-state index in [1.54, 1.807) is 24.3 Å². The van der Waals surface area contributed by atoms with Crippen molar-refractivity contribution in [2.75, 3.05) is 31.1 Å². The smallest absolute Gasteiger partial charge is 0.264 e. The van der Waals surface area contributed by atoms with Crippen molar-refractivity contribution in [3.05, 3.63) is 77.9 Å². The number of ether oxygens (including phenoxy) is 3. The molecule has 9 heteroatoms. The summed E-state index contributed by atoms with van der Waals surface area (Å²) in [5.41, 5.74) is 2.27. The van der Waals surface area contributed by atoms with E-state index in [4.69, 9.17) is 14.2 Å². The van der Waals surface area contributed by atoms with E-state index in [2.05, 4.69) is 5.32 Å². The first kappa shape index (κ1) is 24.4. The molecule has 0 fully saturated rings. The lowest BCUT2D eigenvalue weighted by molar-refractivity contribution is -0.127. The summed E-state index contributed by atoms with van der Waals surface area (Å²) in [7, 11) is -2.44. The van der Waals surface area contributed by atoms with Gasteiger partial charge in [0, 0.05) is 0 Å². The van der Waals surface area contributed by atoms with Crippen LogP contribution >= 0.6 is 0 Å². The summed E-state index contributed by atoms with van der Waals surface area (Å²) in [6, 6.07) is 19.0. The van der Waals surface area contributed by atoms with E-state index in [0.717, 1.165) is 16.9 Å². The summed E-state index contributed by atoms with van der Waals surface area (Å²) < 4.78 is 45.1. The van der Waals surface area contributed by atoms with Crippen molar-refractivity contribution in [3.8, 4) is 17.2 Å². The number of amides is 1. The van der Waals surface area contributed by atoms with Gasteiger partial charge < -0.3 is 19.5 Å². The Morgan fingerprint density at radius 2 is 1.83 bits per heavy atom. The first-order chi connectivity index (χ1) is 16.8. The zero-order valence-corrected chi connectivity index (χ0v) is 20.7. The Bertz CT molecular complexity index is 1310. The fourth-order valence-corrected chi connectivity index (χ4v) is 5.24. The number of nitrogens with one attached hydrogen (secondary N) is 1. The topological polar surface area (TPSA) is 94.2 Å². The van der Waals surface area contributed by atoms with Gasteiger partial charge in [-0.3, -0.25) is 9.10 Å². The van der Waals surface area contributed by atoms with Crippen LogP contribution in [0, 0.1) is 13.8 Å². The first-order valence-electron chi connectivity index (χ1n) is 11.2. The van der Waals surface area contributed by atoms with E-state index in [0.29, 0.717) is 17.2 Å². The van der Waals surface area contributed by atoms with Gasteiger partial charge in [-0.05, 0) is 67.4 Å². The molecule has 0 aliphatic carbocycles. The Morgan fingerprint density at radius 3 is 2.54 bits per heavy atom. The Balaban J connectivity index is 1.50. The molecule has 1 heterocycles. The average molecular weight is 497 g/mol. The minimum atomic E-state index is -3.96. The summed E-state index contributed by atoms with van der Waals surface area (Å²) in [6.07, 6.45) is -1.02. The molecule has 0 saturated carbocycles. The molecular weight excluding hydrogens is 468 g/mol. The number of sulfonamides is 1. The largest absolute Gasteiger partial charge is 0.497 e. The van der Waals surface area contributed by atoms with Crippen molar-refractivity contribution in [2.24, 2.45) is 0 Å². The van der Waals surface area contributed by atoms with Crippen molar-refractivity contribution in [1.29, 1.82) is 0 Å². The Morgan fingerprint density at radius 1 is 1.09 bits per heavy atom. The van der Waals surface area contributed by atoms with Crippen LogP contribution in [0.1, 0.15) is 11.1 Å². The molecule has 0 bridgehead atoms. The summed E-state index contributed by atoms with van der Waals surface area (Å²) in [4.78, 5) is 13.0. The van der Waals surface area contributed by atoms with Crippen LogP contribution in [0.2, 0.25) is 0 Å². The molecule has 184 valence electrons. The quantitative estimate of drug-likeness (QED) is 0.480. The highest BCUT2D eigenvalue weighted by molar-refractivity contribution is 7.92. The van der Waals surface area contributed by atoms with Crippen LogP contribution in [0.3, 0.4) is 0 Å². The number of hydrogen-bond acceptors (Lipinski definition) is 6. The number of carbonyl (C=O) groups is 1. The van der Waals surface area contributed by atoms with Crippen LogP contribution in [-0.2, 0) is 14.8 Å². The van der Waals surface area contributed by atoms with E-state index in [9.17, 15) is 13.2 Å². The third kappa shape index (κ3) is 5.35. The van der Waals surface area contributed by atoms with Crippen molar-refractivity contribution < 1.29 is 27.4 Å². The van der Waals surface area contributed by atoms with Gasteiger partial charge in [-0.25, -0.2) is 8.42 Å². The second-order valence-electron chi connectivity index (χ2n) is 8.19. The van der Waals surface area contributed by atoms with Crippen LogP contribution in [-0.4, -0.2) is 47.2 Å². The number of nitrogens with zero attached hydrogens (tertiary/aromatic N) is 1. The predicted octanol–water partition coefficient (Wildman–Crippen LogP) is 3.46. The van der Waals surface area contributed by atoms with Gasteiger partial charge in [0.2, 0.25) is 0 Å². The molecule has 0 radical (unpaired) electrons. The standard InChI is InChI=1S/C26H28N2O6S/c1-18-8-13-24-22(16-18)28(35(30,31)21-11-9-20(32-3)10-12-21)17-25(34-24)26(29)27-14-15-33-23-7-5-4-6-19(23)2/h4-13,16,25H,14-15,17H2,1-3H3,(H,27,29)/t25-/m1/s1. The maximum Gasteiger partial charge on any atom is 0.264 e.